The third-order valence-corrected chi connectivity index (χ3v) is 9.89. The van der Waals surface area contributed by atoms with Gasteiger partial charge in [-0.1, -0.05) is 20.8 Å². The predicted octanol–water partition coefficient (Wildman–Crippen LogP) is 4.82. The number of ether oxygens (including phenoxy) is 1. The van der Waals surface area contributed by atoms with Gasteiger partial charge in [0.05, 0.1) is 19.1 Å². The van der Waals surface area contributed by atoms with Crippen molar-refractivity contribution in [3.8, 4) is 0 Å². The van der Waals surface area contributed by atoms with Gasteiger partial charge in [-0.25, -0.2) is 0 Å². The Morgan fingerprint density at radius 3 is 2.42 bits per heavy atom. The molecule has 0 amide bonds. The van der Waals surface area contributed by atoms with Crippen molar-refractivity contribution in [2.24, 2.45) is 46.3 Å². The number of carbonyl (C=O) groups is 1. The molecule has 1 N–H and O–H groups in total. The number of hydrogen-bond donors (Lipinski definition) is 1. The average Bonchev–Trinajstić information content (AvgIpc) is 2.98. The van der Waals surface area contributed by atoms with E-state index in [4.69, 9.17) is 4.74 Å². The lowest BCUT2D eigenvalue weighted by molar-refractivity contribution is -0.153. The fraction of sp³-hybridized carbons (Fsp3) is 0.957. The van der Waals surface area contributed by atoms with Crippen molar-refractivity contribution >= 4 is 5.97 Å². The van der Waals surface area contributed by atoms with Crippen LogP contribution in [0.3, 0.4) is 0 Å². The molecule has 3 nitrogen and oxygen atoms in total. The molecule has 0 saturated heterocycles. The number of rotatable bonds is 2. The zero-order chi connectivity index (χ0) is 18.7. The second-order valence-electron chi connectivity index (χ2n) is 10.6. The first-order chi connectivity index (χ1) is 12.3. The molecule has 0 aliphatic heterocycles. The van der Waals surface area contributed by atoms with E-state index in [1.165, 1.54) is 52.1 Å². The van der Waals surface area contributed by atoms with Gasteiger partial charge in [0, 0.05) is 0 Å². The first-order valence-corrected chi connectivity index (χ1v) is 11.1. The van der Waals surface area contributed by atoms with Crippen LogP contribution in [0.4, 0.5) is 0 Å². The predicted molar refractivity (Wildman–Crippen MR) is 102 cm³/mol. The minimum atomic E-state index is -0.0600. The molecule has 4 saturated carbocycles. The van der Waals surface area contributed by atoms with E-state index in [0.29, 0.717) is 16.7 Å². The van der Waals surface area contributed by atoms with Crippen LogP contribution < -0.4 is 0 Å². The van der Waals surface area contributed by atoms with Crippen LogP contribution in [0.2, 0.25) is 0 Å². The highest BCUT2D eigenvalue weighted by atomic mass is 16.5. The second kappa shape index (κ2) is 6.50. The first kappa shape index (κ1) is 18.8. The van der Waals surface area contributed by atoms with E-state index in [1.807, 2.05) is 0 Å². The van der Waals surface area contributed by atoms with Gasteiger partial charge in [-0.3, -0.25) is 4.79 Å². The lowest BCUT2D eigenvalue weighted by Gasteiger charge is -2.61. The molecule has 0 aromatic heterocycles. The number of esters is 1. The number of aliphatic hydroxyl groups excluding tert-OH is 1. The molecule has 0 bridgehead atoms. The van der Waals surface area contributed by atoms with Crippen LogP contribution in [-0.4, -0.2) is 24.3 Å². The summed E-state index contributed by atoms with van der Waals surface area (Å²) in [7, 11) is 1.53. The Balaban J connectivity index is 1.57. The van der Waals surface area contributed by atoms with Crippen LogP contribution in [0.15, 0.2) is 0 Å². The van der Waals surface area contributed by atoms with Crippen molar-refractivity contribution in [2.75, 3.05) is 7.11 Å². The molecule has 4 rings (SSSR count). The van der Waals surface area contributed by atoms with Crippen molar-refractivity contribution in [1.29, 1.82) is 0 Å². The van der Waals surface area contributed by atoms with Crippen LogP contribution >= 0.6 is 0 Å². The van der Waals surface area contributed by atoms with Gasteiger partial charge in [0.15, 0.2) is 0 Å². The molecule has 9 atom stereocenters. The molecule has 0 aromatic rings. The number of aliphatic hydroxyl groups is 1. The maximum atomic E-state index is 12.2. The third-order valence-electron chi connectivity index (χ3n) is 9.89. The highest BCUT2D eigenvalue weighted by molar-refractivity contribution is 5.72. The van der Waals surface area contributed by atoms with Crippen LogP contribution in [-0.2, 0) is 9.53 Å². The summed E-state index contributed by atoms with van der Waals surface area (Å²) >= 11 is 0. The second-order valence-corrected chi connectivity index (χ2v) is 10.6. The van der Waals surface area contributed by atoms with Gasteiger partial charge in [0.2, 0.25) is 0 Å². The minimum Gasteiger partial charge on any atom is -0.469 e. The number of methoxy groups -OCH3 is 1. The zero-order valence-corrected chi connectivity index (χ0v) is 17.2. The summed E-state index contributed by atoms with van der Waals surface area (Å²) in [6.07, 6.45) is 10.9. The maximum absolute atomic E-state index is 12.2. The van der Waals surface area contributed by atoms with Gasteiger partial charge in [-0.2, -0.15) is 0 Å². The van der Waals surface area contributed by atoms with Gasteiger partial charge in [0.1, 0.15) is 0 Å². The van der Waals surface area contributed by atoms with Crippen molar-refractivity contribution in [3.63, 3.8) is 0 Å². The molecular formula is C23H38O3. The topological polar surface area (TPSA) is 46.5 Å². The highest BCUT2D eigenvalue weighted by Crippen LogP contribution is 2.68. The summed E-state index contributed by atoms with van der Waals surface area (Å²) in [6, 6.07) is 0. The monoisotopic (exact) mass is 362 g/mol. The van der Waals surface area contributed by atoms with E-state index in [1.54, 1.807) is 0 Å². The Hall–Kier alpha value is -0.570. The summed E-state index contributed by atoms with van der Waals surface area (Å²) in [5.74, 6) is 3.67. The standard InChI is InChI=1S/C23H38O3/c1-14(21(25)26-4)18-7-8-19-17-6-5-15-13-16(24)9-11-22(15,2)20(17)10-12-23(18,19)3/h14-20,24H,5-13H2,1-4H3/t14-,15-,16+,17+,18-,19+,20+,22+,23-/m1/s1. The fourth-order valence-corrected chi connectivity index (χ4v) is 8.45. The fourth-order valence-electron chi connectivity index (χ4n) is 8.45. The summed E-state index contributed by atoms with van der Waals surface area (Å²) in [5, 5.41) is 10.2. The Morgan fingerprint density at radius 1 is 1.00 bits per heavy atom. The van der Waals surface area contributed by atoms with Crippen molar-refractivity contribution in [3.05, 3.63) is 0 Å². The van der Waals surface area contributed by atoms with Gasteiger partial charge in [-0.15, -0.1) is 0 Å². The lowest BCUT2D eigenvalue weighted by Crippen LogP contribution is -2.54. The van der Waals surface area contributed by atoms with E-state index in [-0.39, 0.29) is 18.0 Å². The Labute approximate surface area is 159 Å². The number of fused-ring (bicyclic) bond motifs is 5. The van der Waals surface area contributed by atoms with Gasteiger partial charge >= 0.3 is 5.97 Å². The van der Waals surface area contributed by atoms with Crippen molar-refractivity contribution < 1.29 is 14.6 Å². The van der Waals surface area contributed by atoms with Gasteiger partial charge in [0.25, 0.3) is 0 Å². The van der Waals surface area contributed by atoms with Gasteiger partial charge < -0.3 is 9.84 Å². The Morgan fingerprint density at radius 2 is 1.69 bits per heavy atom. The molecule has 3 heteroatoms. The normalized spacial score (nSPS) is 51.7. The lowest BCUT2D eigenvalue weighted by atomic mass is 9.44. The van der Waals surface area contributed by atoms with Crippen LogP contribution in [0, 0.1) is 46.3 Å². The number of carbonyl (C=O) groups excluding carboxylic acids is 1. The summed E-state index contributed by atoms with van der Waals surface area (Å²) in [6.45, 7) is 7.13. The summed E-state index contributed by atoms with van der Waals surface area (Å²) in [4.78, 5) is 12.2. The smallest absolute Gasteiger partial charge is 0.308 e. The van der Waals surface area contributed by atoms with E-state index in [9.17, 15) is 9.90 Å². The van der Waals surface area contributed by atoms with Crippen molar-refractivity contribution in [1.82, 2.24) is 0 Å². The molecular weight excluding hydrogens is 324 g/mol. The Kier molecular flexibility index (Phi) is 4.69. The summed E-state index contributed by atoms with van der Waals surface area (Å²) in [5.41, 5.74) is 0.752. The average molecular weight is 363 g/mol. The van der Waals surface area contributed by atoms with E-state index < -0.39 is 0 Å². The van der Waals surface area contributed by atoms with Gasteiger partial charge in [-0.05, 0) is 98.2 Å². The van der Waals surface area contributed by atoms with E-state index in [0.717, 1.165) is 36.5 Å². The van der Waals surface area contributed by atoms with Crippen LogP contribution in [0.5, 0.6) is 0 Å². The molecule has 0 radical (unpaired) electrons. The molecule has 148 valence electrons. The molecule has 26 heavy (non-hydrogen) atoms. The summed E-state index contributed by atoms with van der Waals surface area (Å²) < 4.78 is 5.09. The highest BCUT2D eigenvalue weighted by Gasteiger charge is 2.61. The van der Waals surface area contributed by atoms with Crippen LogP contribution in [0.25, 0.3) is 0 Å². The quantitative estimate of drug-likeness (QED) is 0.717. The molecule has 0 spiro atoms. The van der Waals surface area contributed by atoms with Crippen molar-refractivity contribution in [2.45, 2.75) is 84.7 Å². The third kappa shape index (κ3) is 2.59. The minimum absolute atomic E-state index is 0.0177. The molecule has 0 unspecified atom stereocenters. The Bertz CT molecular complexity index is 560. The molecule has 4 aliphatic carbocycles. The molecule has 0 heterocycles. The zero-order valence-electron chi connectivity index (χ0n) is 17.2. The van der Waals surface area contributed by atoms with Crippen LogP contribution in [0.1, 0.15) is 78.6 Å². The SMILES string of the molecule is COC(=O)[C@H](C)[C@H]1CC[C@H]2[C@@H]3CC[C@@H]4C[C@@H](O)CC[C@]4(C)[C@H]3CC[C@]12C. The molecule has 4 fully saturated rings. The first-order valence-electron chi connectivity index (χ1n) is 11.1. The number of hydrogen-bond acceptors (Lipinski definition) is 3. The largest absolute Gasteiger partial charge is 0.469 e. The molecule has 4 aliphatic rings. The van der Waals surface area contributed by atoms with E-state index >= 15 is 0 Å². The van der Waals surface area contributed by atoms with E-state index in [2.05, 4.69) is 20.8 Å². The molecule has 0 aromatic carbocycles. The maximum Gasteiger partial charge on any atom is 0.308 e.